The topological polar surface area (TPSA) is 50.2 Å². The first-order valence-corrected chi connectivity index (χ1v) is 9.42. The van der Waals surface area contributed by atoms with Crippen molar-refractivity contribution in [2.45, 2.75) is 16.7 Å². The van der Waals surface area contributed by atoms with Gasteiger partial charge in [0.2, 0.25) is 0 Å². The molecule has 0 radical (unpaired) electrons. The first kappa shape index (κ1) is 19.9. The fraction of sp³-hybridized carbons (Fsp3) is 0.0435. The molecular weight excluding hydrogens is 390 g/mol. The number of para-hydroxylation sites is 1. The normalized spacial score (nSPS) is 10.5. The van der Waals surface area contributed by atoms with Crippen molar-refractivity contribution in [1.82, 2.24) is 4.98 Å². The summed E-state index contributed by atoms with van der Waals surface area (Å²) in [6, 6.07) is 25.3. The van der Waals surface area contributed by atoms with Crippen molar-refractivity contribution < 1.29 is 9.90 Å². The number of fused-ring (bicyclic) bond motifs is 1. The molecule has 3 aromatic carbocycles. The summed E-state index contributed by atoms with van der Waals surface area (Å²) in [6.07, 6.45) is 0. The summed E-state index contributed by atoms with van der Waals surface area (Å²) in [5.74, 6) is -0.925. The Balaban J connectivity index is 0.00000225. The molecule has 0 bridgehead atoms. The molecule has 0 saturated heterocycles. The number of pyridine rings is 1. The highest BCUT2D eigenvalue weighted by atomic mass is 35.5. The standard InChI is InChI=1S/C23H17NO2S.ClH/c1-15-22(27-20-14-8-6-12-18(20)23(25)26)21(16-9-3-2-4-10-16)17-11-5-7-13-19(17)24-15;/h2-14H,1H3,(H,25,26);1H. The maximum Gasteiger partial charge on any atom is 0.336 e. The van der Waals surface area contributed by atoms with Crippen LogP contribution in [0.5, 0.6) is 0 Å². The maximum absolute atomic E-state index is 11.6. The zero-order chi connectivity index (χ0) is 18.8. The van der Waals surface area contributed by atoms with E-state index in [1.165, 1.54) is 11.8 Å². The Morgan fingerprint density at radius 3 is 2.29 bits per heavy atom. The van der Waals surface area contributed by atoms with Crippen molar-refractivity contribution in [1.29, 1.82) is 0 Å². The largest absolute Gasteiger partial charge is 0.478 e. The molecule has 0 amide bonds. The van der Waals surface area contributed by atoms with Crippen LogP contribution in [0.25, 0.3) is 22.0 Å². The molecule has 0 aliphatic carbocycles. The van der Waals surface area contributed by atoms with Gasteiger partial charge >= 0.3 is 5.97 Å². The van der Waals surface area contributed by atoms with Gasteiger partial charge in [0.15, 0.2) is 0 Å². The van der Waals surface area contributed by atoms with E-state index in [1.54, 1.807) is 12.1 Å². The van der Waals surface area contributed by atoms with E-state index >= 15 is 0 Å². The molecular formula is C23H18ClNO2S. The van der Waals surface area contributed by atoms with Gasteiger partial charge in [-0.1, -0.05) is 72.4 Å². The number of hydrogen-bond acceptors (Lipinski definition) is 3. The number of aromatic nitrogens is 1. The Morgan fingerprint density at radius 2 is 1.54 bits per heavy atom. The van der Waals surface area contributed by atoms with Gasteiger partial charge in [0, 0.05) is 20.7 Å². The molecule has 0 aliphatic rings. The number of carboxylic acids is 1. The van der Waals surface area contributed by atoms with Crippen LogP contribution in [0.15, 0.2) is 88.7 Å². The molecule has 1 N–H and O–H groups in total. The van der Waals surface area contributed by atoms with Crippen LogP contribution in [-0.4, -0.2) is 16.1 Å². The molecule has 0 unspecified atom stereocenters. The summed E-state index contributed by atoms with van der Waals surface area (Å²) in [5, 5.41) is 10.6. The van der Waals surface area contributed by atoms with E-state index in [0.717, 1.165) is 32.6 Å². The van der Waals surface area contributed by atoms with Crippen molar-refractivity contribution >= 4 is 41.0 Å². The molecule has 0 fully saturated rings. The van der Waals surface area contributed by atoms with E-state index in [2.05, 4.69) is 18.2 Å². The monoisotopic (exact) mass is 407 g/mol. The number of carboxylic acid groups (broad SMARTS) is 1. The summed E-state index contributed by atoms with van der Waals surface area (Å²) < 4.78 is 0. The Kier molecular flexibility index (Phi) is 6.02. The van der Waals surface area contributed by atoms with Gasteiger partial charge in [-0.2, -0.15) is 0 Å². The third kappa shape index (κ3) is 3.75. The predicted molar refractivity (Wildman–Crippen MR) is 117 cm³/mol. The highest BCUT2D eigenvalue weighted by Gasteiger charge is 2.18. The SMILES string of the molecule is Cc1nc2ccccc2c(-c2ccccc2)c1Sc1ccccc1C(=O)O.Cl. The van der Waals surface area contributed by atoms with E-state index in [4.69, 9.17) is 4.98 Å². The number of benzene rings is 3. The minimum absolute atomic E-state index is 0. The van der Waals surface area contributed by atoms with Crippen LogP contribution in [0, 0.1) is 6.92 Å². The number of hydrogen-bond donors (Lipinski definition) is 1. The zero-order valence-electron chi connectivity index (χ0n) is 15.1. The zero-order valence-corrected chi connectivity index (χ0v) is 16.8. The minimum Gasteiger partial charge on any atom is -0.478 e. The molecule has 1 heterocycles. The Bertz CT molecular complexity index is 1150. The average Bonchev–Trinajstić information content (AvgIpc) is 2.69. The van der Waals surface area contributed by atoms with E-state index in [-0.39, 0.29) is 12.4 Å². The van der Waals surface area contributed by atoms with Crippen LogP contribution in [0.4, 0.5) is 0 Å². The van der Waals surface area contributed by atoms with Crippen LogP contribution in [-0.2, 0) is 0 Å². The van der Waals surface area contributed by atoms with E-state index < -0.39 is 5.97 Å². The summed E-state index contributed by atoms with van der Waals surface area (Å²) in [5.41, 5.74) is 4.30. The van der Waals surface area contributed by atoms with Crippen LogP contribution < -0.4 is 0 Å². The lowest BCUT2D eigenvalue weighted by atomic mass is 10.00. The van der Waals surface area contributed by atoms with Crippen LogP contribution in [0.1, 0.15) is 16.1 Å². The quantitative estimate of drug-likeness (QED) is 0.420. The van der Waals surface area contributed by atoms with E-state index in [1.807, 2.05) is 55.5 Å². The summed E-state index contributed by atoms with van der Waals surface area (Å²) in [4.78, 5) is 18.1. The molecule has 1 aromatic heterocycles. The number of aryl methyl sites for hydroxylation is 1. The molecule has 28 heavy (non-hydrogen) atoms. The van der Waals surface area contributed by atoms with Crippen LogP contribution >= 0.6 is 24.2 Å². The smallest absolute Gasteiger partial charge is 0.336 e. The third-order valence-electron chi connectivity index (χ3n) is 4.41. The summed E-state index contributed by atoms with van der Waals surface area (Å²) >= 11 is 1.46. The van der Waals surface area contributed by atoms with Gasteiger partial charge in [0.25, 0.3) is 0 Å². The van der Waals surface area contributed by atoms with Gasteiger partial charge in [0.05, 0.1) is 16.8 Å². The van der Waals surface area contributed by atoms with Crippen LogP contribution in [0.3, 0.4) is 0 Å². The number of carbonyl (C=O) groups is 1. The first-order chi connectivity index (χ1) is 13.1. The average molecular weight is 408 g/mol. The van der Waals surface area contributed by atoms with Crippen molar-refractivity contribution in [2.24, 2.45) is 0 Å². The number of nitrogens with zero attached hydrogens (tertiary/aromatic N) is 1. The highest BCUT2D eigenvalue weighted by Crippen LogP contribution is 2.42. The Labute approximate surface area is 173 Å². The number of rotatable bonds is 4. The fourth-order valence-corrected chi connectivity index (χ4v) is 4.33. The lowest BCUT2D eigenvalue weighted by Gasteiger charge is -2.16. The molecule has 5 heteroatoms. The predicted octanol–water partition coefficient (Wildman–Crippen LogP) is 6.48. The minimum atomic E-state index is -0.925. The molecule has 140 valence electrons. The highest BCUT2D eigenvalue weighted by molar-refractivity contribution is 7.99. The lowest BCUT2D eigenvalue weighted by Crippen LogP contribution is -1.99. The molecule has 4 rings (SSSR count). The number of halogens is 1. The second-order valence-electron chi connectivity index (χ2n) is 6.19. The van der Waals surface area contributed by atoms with Gasteiger partial charge in [-0.25, -0.2) is 4.79 Å². The van der Waals surface area contributed by atoms with Gasteiger partial charge < -0.3 is 5.11 Å². The van der Waals surface area contributed by atoms with Crippen molar-refractivity contribution in [3.63, 3.8) is 0 Å². The van der Waals surface area contributed by atoms with E-state index in [0.29, 0.717) is 10.5 Å². The van der Waals surface area contributed by atoms with Gasteiger partial charge in [0.1, 0.15) is 0 Å². The molecule has 0 aliphatic heterocycles. The molecule has 0 saturated carbocycles. The van der Waals surface area contributed by atoms with Crippen molar-refractivity contribution in [3.05, 3.63) is 90.1 Å². The van der Waals surface area contributed by atoms with Gasteiger partial charge in [-0.05, 0) is 30.7 Å². The molecule has 0 spiro atoms. The first-order valence-electron chi connectivity index (χ1n) is 8.60. The molecule has 4 aromatic rings. The molecule has 0 atom stereocenters. The summed E-state index contributed by atoms with van der Waals surface area (Å²) in [7, 11) is 0. The second-order valence-corrected chi connectivity index (χ2v) is 7.24. The van der Waals surface area contributed by atoms with Gasteiger partial charge in [-0.15, -0.1) is 12.4 Å². The Morgan fingerprint density at radius 1 is 0.893 bits per heavy atom. The van der Waals surface area contributed by atoms with Gasteiger partial charge in [-0.3, -0.25) is 4.98 Å². The Hall–Kier alpha value is -2.82. The van der Waals surface area contributed by atoms with Crippen molar-refractivity contribution in [2.75, 3.05) is 0 Å². The number of aromatic carboxylic acids is 1. The second kappa shape index (κ2) is 8.46. The summed E-state index contributed by atoms with van der Waals surface area (Å²) in [6.45, 7) is 1.98. The van der Waals surface area contributed by atoms with Crippen LogP contribution in [0.2, 0.25) is 0 Å². The third-order valence-corrected chi connectivity index (χ3v) is 5.69. The van der Waals surface area contributed by atoms with Crippen molar-refractivity contribution in [3.8, 4) is 11.1 Å². The van der Waals surface area contributed by atoms with E-state index in [9.17, 15) is 9.90 Å². The maximum atomic E-state index is 11.6. The fourth-order valence-electron chi connectivity index (χ4n) is 3.18. The lowest BCUT2D eigenvalue weighted by molar-refractivity contribution is 0.0693. The molecule has 3 nitrogen and oxygen atoms in total.